The summed E-state index contributed by atoms with van der Waals surface area (Å²) in [7, 11) is -1.46. The first-order chi connectivity index (χ1) is 11.2. The maximum Gasteiger partial charge on any atom is 0.255 e. The van der Waals surface area contributed by atoms with Crippen molar-refractivity contribution >= 4 is 25.8 Å². The average Bonchev–Trinajstić information content (AvgIpc) is 2.81. The summed E-state index contributed by atoms with van der Waals surface area (Å²) in [6.45, 7) is 6.94. The summed E-state index contributed by atoms with van der Waals surface area (Å²) < 4.78 is 0. The van der Waals surface area contributed by atoms with Crippen LogP contribution in [0.15, 0.2) is 18.2 Å². The van der Waals surface area contributed by atoms with E-state index in [2.05, 4.69) is 36.4 Å². The molecule has 24 heavy (non-hydrogen) atoms. The number of amides is 3. The fraction of sp³-hybridized carbons (Fsp3) is 0.389. The third kappa shape index (κ3) is 3.26. The van der Waals surface area contributed by atoms with Gasteiger partial charge in [-0.2, -0.15) is 0 Å². The van der Waals surface area contributed by atoms with Crippen LogP contribution in [0.2, 0.25) is 19.6 Å². The first-order valence-corrected chi connectivity index (χ1v) is 11.6. The number of benzene rings is 1. The number of fused-ring (bicyclic) bond motifs is 1. The van der Waals surface area contributed by atoms with Gasteiger partial charge in [0.25, 0.3) is 5.91 Å². The molecule has 3 amide bonds. The number of hydrogen-bond acceptors (Lipinski definition) is 3. The highest BCUT2D eigenvalue weighted by atomic mass is 28.3. The minimum Gasteiger partial charge on any atom is -0.322 e. The molecule has 0 bridgehead atoms. The van der Waals surface area contributed by atoms with Crippen molar-refractivity contribution in [3.63, 3.8) is 0 Å². The zero-order chi connectivity index (χ0) is 17.5. The molecule has 3 rings (SSSR count). The molecule has 5 nitrogen and oxygen atoms in total. The van der Waals surface area contributed by atoms with Crippen LogP contribution in [0.1, 0.15) is 34.3 Å². The van der Waals surface area contributed by atoms with E-state index in [9.17, 15) is 14.4 Å². The molecule has 2 aliphatic heterocycles. The topological polar surface area (TPSA) is 66.5 Å². The Morgan fingerprint density at radius 2 is 1.96 bits per heavy atom. The largest absolute Gasteiger partial charge is 0.322 e. The lowest BCUT2D eigenvalue weighted by atomic mass is 10.0. The van der Waals surface area contributed by atoms with Crippen LogP contribution in [0.5, 0.6) is 0 Å². The molecule has 0 aromatic heterocycles. The summed E-state index contributed by atoms with van der Waals surface area (Å²) in [6.07, 6.45) is 0.649. The second kappa shape index (κ2) is 5.91. The zero-order valence-corrected chi connectivity index (χ0v) is 15.1. The maximum atomic E-state index is 12.6. The van der Waals surface area contributed by atoms with Gasteiger partial charge in [0, 0.05) is 24.1 Å². The van der Waals surface area contributed by atoms with Crippen LogP contribution in [0.4, 0.5) is 0 Å². The summed E-state index contributed by atoms with van der Waals surface area (Å²) in [5.41, 5.74) is 5.73. The lowest BCUT2D eigenvalue weighted by Crippen LogP contribution is -2.52. The Morgan fingerprint density at radius 1 is 1.21 bits per heavy atom. The molecule has 1 N–H and O–H groups in total. The Labute approximate surface area is 142 Å². The highest BCUT2D eigenvalue weighted by molar-refractivity contribution is 6.83. The molecule has 1 atom stereocenters. The molecule has 0 aliphatic carbocycles. The number of imide groups is 1. The molecule has 6 heteroatoms. The molecule has 1 aromatic rings. The summed E-state index contributed by atoms with van der Waals surface area (Å²) >= 11 is 0. The summed E-state index contributed by atoms with van der Waals surface area (Å²) in [4.78, 5) is 37.4. The van der Waals surface area contributed by atoms with Crippen molar-refractivity contribution < 1.29 is 14.4 Å². The Morgan fingerprint density at radius 3 is 2.62 bits per heavy atom. The van der Waals surface area contributed by atoms with E-state index < -0.39 is 14.1 Å². The second-order valence-corrected chi connectivity index (χ2v) is 12.0. The van der Waals surface area contributed by atoms with Crippen molar-refractivity contribution in [1.29, 1.82) is 0 Å². The van der Waals surface area contributed by atoms with Crippen molar-refractivity contribution in [1.82, 2.24) is 10.2 Å². The van der Waals surface area contributed by atoms with Crippen LogP contribution in [0.25, 0.3) is 0 Å². The average molecular weight is 340 g/mol. The molecular formula is C18H20N2O3Si. The standard InChI is InChI=1S/C18H20N2O3Si/c1-24(2,3)9-8-12-4-5-14-13(10-12)11-20(18(14)23)15-6-7-16(21)19-17(15)22/h4-5,10,15H,6-7,11H2,1-3H3,(H,19,21,22). The lowest BCUT2D eigenvalue weighted by molar-refractivity contribution is -0.136. The van der Waals surface area contributed by atoms with E-state index in [1.807, 2.05) is 12.1 Å². The second-order valence-electron chi connectivity index (χ2n) is 7.27. The van der Waals surface area contributed by atoms with Gasteiger partial charge in [-0.15, -0.1) is 5.54 Å². The molecule has 1 unspecified atom stereocenters. The third-order valence-electron chi connectivity index (χ3n) is 4.11. The fourth-order valence-electron chi connectivity index (χ4n) is 2.91. The Hall–Kier alpha value is -2.39. The first kappa shape index (κ1) is 16.5. The van der Waals surface area contributed by atoms with E-state index in [4.69, 9.17) is 0 Å². The molecule has 0 saturated carbocycles. The normalized spacial score (nSPS) is 20.4. The molecule has 124 valence electrons. The van der Waals surface area contributed by atoms with Crippen LogP contribution < -0.4 is 5.32 Å². The number of piperidine rings is 1. The van der Waals surface area contributed by atoms with E-state index in [1.54, 1.807) is 11.0 Å². The first-order valence-electron chi connectivity index (χ1n) is 8.05. The van der Waals surface area contributed by atoms with Crippen molar-refractivity contribution in [2.45, 2.75) is 45.1 Å². The van der Waals surface area contributed by atoms with Gasteiger partial charge in [0.05, 0.1) is 0 Å². The Kier molecular flexibility index (Phi) is 4.06. The molecule has 0 radical (unpaired) electrons. The number of carbonyl (C=O) groups excluding carboxylic acids is 3. The Balaban J connectivity index is 1.83. The number of carbonyl (C=O) groups is 3. The molecule has 1 aromatic carbocycles. The van der Waals surface area contributed by atoms with E-state index in [0.29, 0.717) is 18.5 Å². The van der Waals surface area contributed by atoms with E-state index in [-0.39, 0.29) is 24.1 Å². The lowest BCUT2D eigenvalue weighted by Gasteiger charge is -2.29. The van der Waals surface area contributed by atoms with Crippen LogP contribution in [-0.2, 0) is 16.1 Å². The van der Waals surface area contributed by atoms with Gasteiger partial charge < -0.3 is 4.90 Å². The van der Waals surface area contributed by atoms with E-state index >= 15 is 0 Å². The molecule has 0 spiro atoms. The smallest absolute Gasteiger partial charge is 0.255 e. The molecule has 2 heterocycles. The summed E-state index contributed by atoms with van der Waals surface area (Å²) in [5, 5.41) is 2.31. The number of hydrogen-bond donors (Lipinski definition) is 1. The third-order valence-corrected chi connectivity index (χ3v) is 4.98. The zero-order valence-electron chi connectivity index (χ0n) is 14.1. The van der Waals surface area contributed by atoms with Crippen LogP contribution >= 0.6 is 0 Å². The molecule has 1 fully saturated rings. The predicted octanol–water partition coefficient (Wildman–Crippen LogP) is 1.68. The van der Waals surface area contributed by atoms with Crippen molar-refractivity contribution in [2.75, 3.05) is 0 Å². The highest BCUT2D eigenvalue weighted by Crippen LogP contribution is 2.28. The number of rotatable bonds is 1. The predicted molar refractivity (Wildman–Crippen MR) is 92.7 cm³/mol. The Bertz CT molecular complexity index is 799. The molecule has 2 aliphatic rings. The van der Waals surface area contributed by atoms with Gasteiger partial charge in [-0.05, 0) is 30.2 Å². The number of nitrogens with zero attached hydrogens (tertiary/aromatic N) is 1. The summed E-state index contributed by atoms with van der Waals surface area (Å²) in [6, 6.07) is 5.01. The van der Waals surface area contributed by atoms with E-state index in [1.165, 1.54) is 0 Å². The van der Waals surface area contributed by atoms with Crippen molar-refractivity contribution in [3.8, 4) is 11.5 Å². The molecular weight excluding hydrogens is 320 g/mol. The van der Waals surface area contributed by atoms with E-state index in [0.717, 1.165) is 11.1 Å². The van der Waals surface area contributed by atoms with Gasteiger partial charge in [-0.25, -0.2) is 0 Å². The highest BCUT2D eigenvalue weighted by Gasteiger charge is 2.38. The quantitative estimate of drug-likeness (QED) is 0.480. The van der Waals surface area contributed by atoms with Crippen molar-refractivity contribution in [3.05, 3.63) is 34.9 Å². The number of nitrogens with one attached hydrogen (secondary N) is 1. The van der Waals surface area contributed by atoms with Gasteiger partial charge in [0.15, 0.2) is 0 Å². The SMILES string of the molecule is C[Si](C)(C)C#Cc1ccc2c(c1)CN(C1CCC(=O)NC1=O)C2=O. The van der Waals surface area contributed by atoms with Crippen LogP contribution in [-0.4, -0.2) is 36.7 Å². The van der Waals surface area contributed by atoms with Crippen LogP contribution in [0, 0.1) is 11.5 Å². The monoisotopic (exact) mass is 340 g/mol. The van der Waals surface area contributed by atoms with Gasteiger partial charge in [-0.3, -0.25) is 19.7 Å². The minimum atomic E-state index is -1.46. The van der Waals surface area contributed by atoms with Gasteiger partial charge in [-0.1, -0.05) is 25.6 Å². The van der Waals surface area contributed by atoms with Crippen LogP contribution in [0.3, 0.4) is 0 Å². The van der Waals surface area contributed by atoms with Gasteiger partial charge in [0.1, 0.15) is 14.1 Å². The molecule has 1 saturated heterocycles. The van der Waals surface area contributed by atoms with Gasteiger partial charge in [0.2, 0.25) is 11.8 Å². The minimum absolute atomic E-state index is 0.149. The summed E-state index contributed by atoms with van der Waals surface area (Å²) in [5.74, 6) is 2.39. The van der Waals surface area contributed by atoms with Gasteiger partial charge >= 0.3 is 0 Å². The maximum absolute atomic E-state index is 12.6. The van der Waals surface area contributed by atoms with Crippen molar-refractivity contribution in [2.24, 2.45) is 0 Å². The fourth-order valence-corrected chi connectivity index (χ4v) is 3.43.